The lowest BCUT2D eigenvalue weighted by Gasteiger charge is -2.29. The standard InChI is InChI=1S/C9H23N2O11P3/c12-9(13)8(3-1-2-4-10-5-23(14,15)16)11(6-24(17,18)19)7-25(20,21)22/h8,10H,1-7H2,(H,12,13)(H2,14,15,16)(H2,17,18,19)(H2,20,21,22)/t8-/m0/s1. The maximum absolute atomic E-state index is 11.3. The molecule has 0 bridgehead atoms. The maximum atomic E-state index is 11.3. The second-order valence-corrected chi connectivity index (χ2v) is 10.2. The second kappa shape index (κ2) is 10.2. The SMILES string of the molecule is O=C(O)[C@H](CCCCNCP(=O)(O)O)N(CP(=O)(O)O)CP(=O)(O)O. The first kappa shape index (κ1) is 24.8. The Morgan fingerprint density at radius 2 is 1.36 bits per heavy atom. The van der Waals surface area contributed by atoms with Crippen molar-refractivity contribution < 1.29 is 53.0 Å². The van der Waals surface area contributed by atoms with Gasteiger partial charge in [-0.2, -0.15) is 0 Å². The number of hydrogen-bond acceptors (Lipinski definition) is 6. The number of unbranched alkanes of at least 4 members (excludes halogenated alkanes) is 1. The van der Waals surface area contributed by atoms with Crippen LogP contribution in [0.1, 0.15) is 19.3 Å². The van der Waals surface area contributed by atoms with Crippen molar-refractivity contribution in [2.24, 2.45) is 0 Å². The van der Waals surface area contributed by atoms with Crippen molar-refractivity contribution >= 4 is 28.8 Å². The molecule has 16 heteroatoms. The van der Waals surface area contributed by atoms with Crippen LogP contribution in [0.15, 0.2) is 0 Å². The minimum atomic E-state index is -4.75. The lowest BCUT2D eigenvalue weighted by molar-refractivity contribution is -0.143. The molecule has 0 aliphatic carbocycles. The number of carboxylic acids is 1. The normalized spacial score (nSPS) is 14.7. The summed E-state index contributed by atoms with van der Waals surface area (Å²) in [5, 5.41) is 11.6. The molecule has 0 aromatic rings. The van der Waals surface area contributed by atoms with Crippen molar-refractivity contribution in [3.05, 3.63) is 0 Å². The minimum Gasteiger partial charge on any atom is -0.480 e. The van der Waals surface area contributed by atoms with Gasteiger partial charge in [0, 0.05) is 0 Å². The third kappa shape index (κ3) is 14.7. The fourth-order valence-electron chi connectivity index (χ4n) is 1.99. The average molecular weight is 428 g/mol. The number of carbonyl (C=O) groups is 1. The molecule has 8 N–H and O–H groups in total. The average Bonchev–Trinajstić information content (AvgIpc) is 2.31. The van der Waals surface area contributed by atoms with E-state index < -0.39 is 53.7 Å². The van der Waals surface area contributed by atoms with E-state index in [0.717, 1.165) is 0 Å². The van der Waals surface area contributed by atoms with Crippen LogP contribution in [0.25, 0.3) is 0 Å². The summed E-state index contributed by atoms with van der Waals surface area (Å²) in [7, 11) is -13.7. The van der Waals surface area contributed by atoms with Crippen LogP contribution in [0.3, 0.4) is 0 Å². The fraction of sp³-hybridized carbons (Fsp3) is 0.889. The minimum absolute atomic E-state index is 0.160. The van der Waals surface area contributed by atoms with Crippen molar-refractivity contribution in [1.82, 2.24) is 10.2 Å². The maximum Gasteiger partial charge on any atom is 0.339 e. The van der Waals surface area contributed by atoms with Gasteiger partial charge in [0.1, 0.15) is 18.6 Å². The zero-order valence-electron chi connectivity index (χ0n) is 13.1. The predicted molar refractivity (Wildman–Crippen MR) is 85.8 cm³/mol. The molecule has 0 unspecified atom stereocenters. The van der Waals surface area contributed by atoms with Crippen LogP contribution in [0.5, 0.6) is 0 Å². The van der Waals surface area contributed by atoms with E-state index in [1.165, 1.54) is 0 Å². The molecular formula is C9H23N2O11P3. The van der Waals surface area contributed by atoms with Crippen LogP contribution < -0.4 is 5.32 Å². The molecule has 13 nitrogen and oxygen atoms in total. The highest BCUT2D eigenvalue weighted by atomic mass is 31.2. The Labute approximate surface area is 143 Å². The number of aliphatic carboxylic acids is 1. The first-order chi connectivity index (χ1) is 11.1. The number of nitrogens with one attached hydrogen (secondary N) is 1. The number of carboxylic acid groups (broad SMARTS) is 1. The smallest absolute Gasteiger partial charge is 0.339 e. The predicted octanol–water partition coefficient (Wildman–Crippen LogP) is -1.09. The molecule has 0 radical (unpaired) electrons. The highest BCUT2D eigenvalue weighted by Crippen LogP contribution is 2.42. The Balaban J connectivity index is 4.73. The van der Waals surface area contributed by atoms with E-state index in [0.29, 0.717) is 11.3 Å². The van der Waals surface area contributed by atoms with Crippen LogP contribution in [0.4, 0.5) is 0 Å². The molecule has 25 heavy (non-hydrogen) atoms. The molecule has 150 valence electrons. The summed E-state index contributed by atoms with van der Waals surface area (Å²) < 4.78 is 32.8. The molecule has 0 aliphatic rings. The summed E-state index contributed by atoms with van der Waals surface area (Å²) in [5.74, 6) is -1.50. The van der Waals surface area contributed by atoms with E-state index in [4.69, 9.17) is 29.4 Å². The van der Waals surface area contributed by atoms with Gasteiger partial charge in [-0.25, -0.2) is 0 Å². The van der Waals surface area contributed by atoms with Crippen LogP contribution in [0.2, 0.25) is 0 Å². The molecule has 0 saturated heterocycles. The molecule has 1 atom stereocenters. The summed E-state index contributed by atoms with van der Waals surface area (Å²) in [6.07, 6.45) is -2.46. The molecule has 0 aliphatic heterocycles. The van der Waals surface area contributed by atoms with Crippen molar-refractivity contribution in [1.29, 1.82) is 0 Å². The summed E-state index contributed by atoms with van der Waals surface area (Å²) in [5.41, 5.74) is 0. The van der Waals surface area contributed by atoms with E-state index in [2.05, 4.69) is 5.32 Å². The highest BCUT2D eigenvalue weighted by molar-refractivity contribution is 7.52. The van der Waals surface area contributed by atoms with Gasteiger partial charge in [-0.1, -0.05) is 6.42 Å². The number of nitrogens with zero attached hydrogens (tertiary/aromatic N) is 1. The van der Waals surface area contributed by atoms with Gasteiger partial charge >= 0.3 is 28.8 Å². The van der Waals surface area contributed by atoms with E-state index in [-0.39, 0.29) is 19.4 Å². The Bertz CT molecular complexity index is 543. The third-order valence-corrected chi connectivity index (χ3v) is 4.96. The molecular weight excluding hydrogens is 405 g/mol. The molecule has 0 fully saturated rings. The first-order valence-electron chi connectivity index (χ1n) is 6.92. The number of hydrogen-bond donors (Lipinski definition) is 8. The van der Waals surface area contributed by atoms with Crippen LogP contribution in [0, 0.1) is 0 Å². The topological polar surface area (TPSA) is 225 Å². The van der Waals surface area contributed by atoms with Gasteiger partial charge in [-0.15, -0.1) is 0 Å². The van der Waals surface area contributed by atoms with Crippen molar-refractivity contribution in [2.75, 3.05) is 25.4 Å². The number of rotatable bonds is 13. The van der Waals surface area contributed by atoms with Crippen molar-refractivity contribution in [3.63, 3.8) is 0 Å². The highest BCUT2D eigenvalue weighted by Gasteiger charge is 2.34. The van der Waals surface area contributed by atoms with Gasteiger partial charge in [0.2, 0.25) is 0 Å². The van der Waals surface area contributed by atoms with Crippen molar-refractivity contribution in [2.45, 2.75) is 25.3 Å². The summed E-state index contributed by atoms with van der Waals surface area (Å²) in [6.45, 7) is 0.161. The van der Waals surface area contributed by atoms with Gasteiger partial charge in [-0.3, -0.25) is 23.4 Å². The Morgan fingerprint density at radius 3 is 1.72 bits per heavy atom. The Morgan fingerprint density at radius 1 is 0.880 bits per heavy atom. The van der Waals surface area contributed by atoms with Crippen molar-refractivity contribution in [3.8, 4) is 0 Å². The molecule has 0 amide bonds. The van der Waals surface area contributed by atoms with Crippen LogP contribution in [-0.4, -0.2) is 76.8 Å². The largest absolute Gasteiger partial charge is 0.480 e. The van der Waals surface area contributed by atoms with Crippen LogP contribution in [-0.2, 0) is 18.5 Å². The Kier molecular flexibility index (Phi) is 10.2. The Hall–Kier alpha value is -0.160. The molecule has 0 heterocycles. The molecule has 0 aromatic carbocycles. The zero-order chi connectivity index (χ0) is 19.9. The van der Waals surface area contributed by atoms with Gasteiger partial charge in [-0.05, 0) is 19.4 Å². The van der Waals surface area contributed by atoms with Crippen LogP contribution >= 0.6 is 22.8 Å². The molecule has 0 saturated carbocycles. The zero-order valence-corrected chi connectivity index (χ0v) is 15.8. The molecule has 0 rings (SSSR count). The summed E-state index contributed by atoms with van der Waals surface area (Å²) >= 11 is 0. The van der Waals surface area contributed by atoms with E-state index in [1.54, 1.807) is 0 Å². The van der Waals surface area contributed by atoms with Gasteiger partial charge in [0.25, 0.3) is 0 Å². The van der Waals surface area contributed by atoms with Gasteiger partial charge in [0.05, 0.1) is 6.29 Å². The fourth-order valence-corrected chi connectivity index (χ4v) is 4.14. The monoisotopic (exact) mass is 428 g/mol. The second-order valence-electron chi connectivity index (χ2n) is 5.37. The molecule has 0 spiro atoms. The summed E-state index contributed by atoms with van der Waals surface area (Å²) in [4.78, 5) is 65.0. The quantitative estimate of drug-likeness (QED) is 0.129. The van der Waals surface area contributed by atoms with E-state index in [9.17, 15) is 23.6 Å². The lowest BCUT2D eigenvalue weighted by atomic mass is 10.1. The van der Waals surface area contributed by atoms with Gasteiger partial charge in [0.15, 0.2) is 0 Å². The van der Waals surface area contributed by atoms with E-state index in [1.807, 2.05) is 0 Å². The van der Waals surface area contributed by atoms with Gasteiger partial charge < -0.3 is 39.8 Å². The van der Waals surface area contributed by atoms with E-state index >= 15 is 0 Å². The summed E-state index contributed by atoms with van der Waals surface area (Å²) in [6, 6.07) is -1.53. The lowest BCUT2D eigenvalue weighted by Crippen LogP contribution is -2.42. The third-order valence-electron chi connectivity index (χ3n) is 2.86. The molecule has 0 aromatic heterocycles. The first-order valence-corrected chi connectivity index (χ1v) is 12.3.